The van der Waals surface area contributed by atoms with Crippen LogP contribution in [0.1, 0.15) is 49.2 Å². The minimum atomic E-state index is -0.0875. The second kappa shape index (κ2) is 9.55. The first-order valence-electron chi connectivity index (χ1n) is 12.3. The van der Waals surface area contributed by atoms with Crippen LogP contribution in [0.2, 0.25) is 0 Å². The molecule has 1 saturated heterocycles. The van der Waals surface area contributed by atoms with Crippen LogP contribution in [0.4, 0.5) is 5.69 Å². The van der Waals surface area contributed by atoms with Gasteiger partial charge in [-0.15, -0.1) is 0 Å². The lowest BCUT2D eigenvalue weighted by atomic mass is 10.0. The Bertz CT molecular complexity index is 1280. The number of nitrogens with zero attached hydrogens (tertiary/aromatic N) is 3. The Kier molecular flexibility index (Phi) is 5.96. The van der Waals surface area contributed by atoms with Crippen LogP contribution in [0.5, 0.6) is 5.75 Å². The molecule has 5 nitrogen and oxygen atoms in total. The van der Waals surface area contributed by atoms with Gasteiger partial charge in [-0.3, -0.25) is 4.98 Å². The molecule has 6 rings (SSSR count). The molecule has 2 aliphatic rings. The Balaban J connectivity index is 1.39. The Labute approximate surface area is 211 Å². The average molecular weight is 481 g/mol. The molecule has 35 heavy (non-hydrogen) atoms. The molecule has 2 atom stereocenters. The summed E-state index contributed by atoms with van der Waals surface area (Å²) in [5, 5.41) is 4.25. The molecule has 2 fully saturated rings. The predicted molar refractivity (Wildman–Crippen MR) is 143 cm³/mol. The summed E-state index contributed by atoms with van der Waals surface area (Å²) in [6, 6.07) is 28.9. The molecule has 2 aromatic heterocycles. The van der Waals surface area contributed by atoms with E-state index in [1.807, 2.05) is 24.4 Å². The molecule has 0 unspecified atom stereocenters. The minimum Gasteiger partial charge on any atom is -0.490 e. The molecule has 0 amide bonds. The quantitative estimate of drug-likeness (QED) is 0.325. The van der Waals surface area contributed by atoms with Gasteiger partial charge >= 0.3 is 0 Å². The van der Waals surface area contributed by atoms with Gasteiger partial charge in [-0.1, -0.05) is 24.3 Å². The van der Waals surface area contributed by atoms with E-state index in [0.29, 0.717) is 11.2 Å². The maximum Gasteiger partial charge on any atom is 0.174 e. The lowest BCUT2D eigenvalue weighted by Crippen LogP contribution is -2.30. The summed E-state index contributed by atoms with van der Waals surface area (Å²) in [6.07, 6.45) is 9.09. The molecule has 0 radical (unpaired) electrons. The number of rotatable bonds is 6. The van der Waals surface area contributed by atoms with Crippen LogP contribution in [0.3, 0.4) is 0 Å². The van der Waals surface area contributed by atoms with Crippen molar-refractivity contribution in [2.24, 2.45) is 0 Å². The second-order valence-corrected chi connectivity index (χ2v) is 9.54. The van der Waals surface area contributed by atoms with Crippen molar-refractivity contribution in [2.45, 2.75) is 43.9 Å². The maximum absolute atomic E-state index is 6.21. The SMILES string of the molecule is S=C1N[C@@H](c2ccccn2)[C@@H](c2cccn2-c2ccccc2)N1c1ccc(OC2CCCC2)cc1. The number of hydrogen-bond acceptors (Lipinski definition) is 3. The van der Waals surface area contributed by atoms with E-state index in [4.69, 9.17) is 17.0 Å². The van der Waals surface area contributed by atoms with E-state index in [-0.39, 0.29) is 12.1 Å². The van der Waals surface area contributed by atoms with Crippen molar-refractivity contribution in [1.82, 2.24) is 14.9 Å². The van der Waals surface area contributed by atoms with Crippen molar-refractivity contribution < 1.29 is 4.74 Å². The van der Waals surface area contributed by atoms with Crippen molar-refractivity contribution in [3.8, 4) is 11.4 Å². The van der Waals surface area contributed by atoms with Gasteiger partial charge in [0.25, 0.3) is 0 Å². The summed E-state index contributed by atoms with van der Waals surface area (Å²) in [6.45, 7) is 0. The van der Waals surface area contributed by atoms with Crippen molar-refractivity contribution in [3.05, 3.63) is 109 Å². The van der Waals surface area contributed by atoms with E-state index in [0.717, 1.165) is 41.4 Å². The van der Waals surface area contributed by atoms with Crippen molar-refractivity contribution >= 4 is 23.0 Å². The fourth-order valence-electron chi connectivity index (χ4n) is 5.28. The van der Waals surface area contributed by atoms with Crippen molar-refractivity contribution in [2.75, 3.05) is 4.90 Å². The standard InChI is InChI=1S/C29H28N4OS/c35-29-31-27(25-13-6-7-19-30-25)28(26-14-8-20-32(26)21-9-2-1-3-10-21)33(29)22-15-17-24(18-16-22)34-23-11-4-5-12-23/h1-3,6-10,13-20,23,27-28H,4-5,11-12H2,(H,31,35)/t27-,28+/m0/s1. The fourth-order valence-corrected chi connectivity index (χ4v) is 5.62. The van der Waals surface area contributed by atoms with Gasteiger partial charge in [0.15, 0.2) is 5.11 Å². The largest absolute Gasteiger partial charge is 0.490 e. The minimum absolute atomic E-state index is 0.0748. The van der Waals surface area contributed by atoms with Crippen LogP contribution in [0.25, 0.3) is 5.69 Å². The van der Waals surface area contributed by atoms with E-state index in [9.17, 15) is 0 Å². The lowest BCUT2D eigenvalue weighted by molar-refractivity contribution is 0.210. The van der Waals surface area contributed by atoms with Gasteiger partial charge in [0.1, 0.15) is 11.8 Å². The van der Waals surface area contributed by atoms with Gasteiger partial charge in [0, 0.05) is 29.5 Å². The normalized spacial score (nSPS) is 20.2. The molecule has 6 heteroatoms. The number of nitrogens with one attached hydrogen (secondary N) is 1. The van der Waals surface area contributed by atoms with Crippen molar-refractivity contribution in [3.63, 3.8) is 0 Å². The zero-order chi connectivity index (χ0) is 23.6. The predicted octanol–water partition coefficient (Wildman–Crippen LogP) is 6.37. The van der Waals surface area contributed by atoms with Crippen LogP contribution in [0.15, 0.2) is 97.3 Å². The first kappa shape index (κ1) is 21.9. The number of hydrogen-bond donors (Lipinski definition) is 1. The van der Waals surface area contributed by atoms with Gasteiger partial charge in [0.2, 0.25) is 0 Å². The van der Waals surface area contributed by atoms with Gasteiger partial charge in [-0.2, -0.15) is 0 Å². The molecule has 1 aliphatic heterocycles. The third kappa shape index (κ3) is 4.30. The zero-order valence-electron chi connectivity index (χ0n) is 19.5. The number of thiocarbonyl (C=S) groups is 1. The summed E-state index contributed by atoms with van der Waals surface area (Å²) in [7, 11) is 0. The van der Waals surface area contributed by atoms with Crippen LogP contribution in [0, 0.1) is 0 Å². The summed E-state index contributed by atoms with van der Waals surface area (Å²) in [5.41, 5.74) is 4.26. The van der Waals surface area contributed by atoms with E-state index in [1.165, 1.54) is 12.8 Å². The Morgan fingerprint density at radius 1 is 0.829 bits per heavy atom. The highest BCUT2D eigenvalue weighted by atomic mass is 32.1. The molecule has 1 N–H and O–H groups in total. The third-order valence-corrected chi connectivity index (χ3v) is 7.25. The van der Waals surface area contributed by atoms with Crippen LogP contribution in [-0.2, 0) is 0 Å². The summed E-state index contributed by atoms with van der Waals surface area (Å²) < 4.78 is 8.44. The molecule has 0 bridgehead atoms. The molecule has 3 heterocycles. The number of anilines is 1. The number of para-hydroxylation sites is 1. The Hall–Kier alpha value is -3.64. The highest BCUT2D eigenvalue weighted by molar-refractivity contribution is 7.80. The first-order valence-corrected chi connectivity index (χ1v) is 12.7. The lowest BCUT2D eigenvalue weighted by Gasteiger charge is -2.29. The third-order valence-electron chi connectivity index (χ3n) is 6.94. The fraction of sp³-hybridized carbons (Fsp3) is 0.241. The highest BCUT2D eigenvalue weighted by Crippen LogP contribution is 2.42. The number of aromatic nitrogens is 2. The van der Waals surface area contributed by atoms with E-state index in [2.05, 4.69) is 92.7 Å². The van der Waals surface area contributed by atoms with Crippen LogP contribution >= 0.6 is 12.2 Å². The van der Waals surface area contributed by atoms with E-state index < -0.39 is 0 Å². The Morgan fingerprint density at radius 2 is 1.60 bits per heavy atom. The molecule has 176 valence electrons. The number of pyridine rings is 1. The van der Waals surface area contributed by atoms with Gasteiger partial charge in [-0.05, 0) is 98.6 Å². The van der Waals surface area contributed by atoms with Crippen molar-refractivity contribution in [1.29, 1.82) is 0 Å². The summed E-state index contributed by atoms with van der Waals surface area (Å²) in [4.78, 5) is 6.89. The van der Waals surface area contributed by atoms with Crippen LogP contribution in [-0.4, -0.2) is 20.8 Å². The van der Waals surface area contributed by atoms with Gasteiger partial charge in [0.05, 0.1) is 17.8 Å². The summed E-state index contributed by atoms with van der Waals surface area (Å²) in [5.74, 6) is 0.921. The van der Waals surface area contributed by atoms with Gasteiger partial charge < -0.3 is 19.5 Å². The monoisotopic (exact) mass is 480 g/mol. The molecule has 0 spiro atoms. The molecule has 1 saturated carbocycles. The smallest absolute Gasteiger partial charge is 0.174 e. The van der Waals surface area contributed by atoms with E-state index >= 15 is 0 Å². The summed E-state index contributed by atoms with van der Waals surface area (Å²) >= 11 is 5.91. The van der Waals surface area contributed by atoms with E-state index in [1.54, 1.807) is 0 Å². The first-order chi connectivity index (χ1) is 17.3. The van der Waals surface area contributed by atoms with Gasteiger partial charge in [-0.25, -0.2) is 0 Å². The molecule has 1 aliphatic carbocycles. The second-order valence-electron chi connectivity index (χ2n) is 9.15. The molecular weight excluding hydrogens is 452 g/mol. The molecular formula is C29H28N4OS. The number of ether oxygens (including phenoxy) is 1. The van der Waals surface area contributed by atoms with Crippen LogP contribution < -0.4 is 15.0 Å². The Morgan fingerprint density at radius 3 is 2.34 bits per heavy atom. The molecule has 2 aromatic carbocycles. The molecule has 4 aromatic rings. The highest BCUT2D eigenvalue weighted by Gasteiger charge is 2.42. The topological polar surface area (TPSA) is 42.3 Å². The number of benzene rings is 2. The maximum atomic E-state index is 6.21. The zero-order valence-corrected chi connectivity index (χ0v) is 20.3. The average Bonchev–Trinajstić information content (AvgIpc) is 3.66.